The third kappa shape index (κ3) is 2.10. The molecule has 0 saturated carbocycles. The topological polar surface area (TPSA) is 54.5 Å². The Labute approximate surface area is 127 Å². The van der Waals surface area contributed by atoms with E-state index in [1.807, 2.05) is 0 Å². The monoisotopic (exact) mass is 349 g/mol. The summed E-state index contributed by atoms with van der Waals surface area (Å²) in [6.45, 7) is -0.111. The highest BCUT2D eigenvalue weighted by Crippen LogP contribution is 2.31. The first-order chi connectivity index (χ1) is 9.58. The van der Waals surface area contributed by atoms with Gasteiger partial charge in [0.05, 0.1) is 22.7 Å². The molecule has 0 radical (unpaired) electrons. The Bertz CT molecular complexity index is 724. The number of carbonyl (C=O) groups excluding carboxylic acids is 3. The number of carbonyl (C=O) groups is 3. The quantitative estimate of drug-likeness (QED) is 0.632. The molecule has 0 fully saturated rings. The van der Waals surface area contributed by atoms with Crippen LogP contribution < -0.4 is 4.90 Å². The molecule has 2 heterocycles. The van der Waals surface area contributed by atoms with Gasteiger partial charge in [0.2, 0.25) is 0 Å². The van der Waals surface area contributed by atoms with Crippen molar-refractivity contribution >= 4 is 50.4 Å². The molecule has 6 heteroatoms. The lowest BCUT2D eigenvalue weighted by Gasteiger charge is -2.14. The molecule has 0 aliphatic carbocycles. The van der Waals surface area contributed by atoms with Crippen LogP contribution in [0, 0.1) is 0 Å². The standard InChI is InChI=1S/C14H8BrNO3S/c15-8-3-4-10-9(6-8)13(18)14(19)16(10)7-11(17)12-2-1-5-20-12/h1-6H,7H2. The van der Waals surface area contributed by atoms with E-state index in [1.54, 1.807) is 35.7 Å². The van der Waals surface area contributed by atoms with E-state index in [4.69, 9.17) is 0 Å². The first-order valence-electron chi connectivity index (χ1n) is 5.80. The molecular formula is C14H8BrNO3S. The number of anilines is 1. The van der Waals surface area contributed by atoms with E-state index >= 15 is 0 Å². The molecular weight excluding hydrogens is 342 g/mol. The molecule has 3 rings (SSSR count). The van der Waals surface area contributed by atoms with Crippen LogP contribution in [0.2, 0.25) is 0 Å². The molecule has 4 nitrogen and oxygen atoms in total. The molecule has 2 aromatic rings. The van der Waals surface area contributed by atoms with Crippen molar-refractivity contribution in [1.29, 1.82) is 0 Å². The summed E-state index contributed by atoms with van der Waals surface area (Å²) in [5, 5.41) is 1.80. The lowest BCUT2D eigenvalue weighted by molar-refractivity contribution is -0.114. The molecule has 0 bridgehead atoms. The zero-order valence-corrected chi connectivity index (χ0v) is 12.5. The maximum absolute atomic E-state index is 12.1. The summed E-state index contributed by atoms with van der Waals surface area (Å²) >= 11 is 4.59. The summed E-state index contributed by atoms with van der Waals surface area (Å²) in [4.78, 5) is 37.8. The van der Waals surface area contributed by atoms with Crippen LogP contribution in [0.1, 0.15) is 20.0 Å². The van der Waals surface area contributed by atoms with Gasteiger partial charge in [-0.15, -0.1) is 11.3 Å². The van der Waals surface area contributed by atoms with Crippen LogP contribution in [0.25, 0.3) is 0 Å². The van der Waals surface area contributed by atoms with Crippen LogP contribution >= 0.6 is 27.3 Å². The number of Topliss-reactive ketones (excluding diaryl/α,β-unsaturated/α-hetero) is 2. The summed E-state index contributed by atoms with van der Waals surface area (Å²) in [6, 6.07) is 8.50. The molecule has 0 N–H and O–H groups in total. The Balaban J connectivity index is 1.94. The smallest absolute Gasteiger partial charge is 0.297 e. The summed E-state index contributed by atoms with van der Waals surface area (Å²) in [6.07, 6.45) is 0. The minimum absolute atomic E-state index is 0.111. The second-order valence-corrected chi connectivity index (χ2v) is 6.15. The Morgan fingerprint density at radius 3 is 2.75 bits per heavy atom. The van der Waals surface area contributed by atoms with Gasteiger partial charge >= 0.3 is 0 Å². The fourth-order valence-corrected chi connectivity index (χ4v) is 3.11. The zero-order valence-electron chi connectivity index (χ0n) is 10.1. The fourth-order valence-electron chi connectivity index (χ4n) is 2.09. The summed E-state index contributed by atoms with van der Waals surface area (Å²) in [5.41, 5.74) is 0.830. The number of fused-ring (bicyclic) bond motifs is 1. The van der Waals surface area contributed by atoms with Crippen molar-refractivity contribution in [2.24, 2.45) is 0 Å². The first-order valence-corrected chi connectivity index (χ1v) is 7.47. The van der Waals surface area contributed by atoms with Crippen molar-refractivity contribution < 1.29 is 14.4 Å². The van der Waals surface area contributed by atoms with Crippen LogP contribution in [0.5, 0.6) is 0 Å². The van der Waals surface area contributed by atoms with Crippen LogP contribution in [0.3, 0.4) is 0 Å². The van der Waals surface area contributed by atoms with Crippen molar-refractivity contribution in [2.45, 2.75) is 0 Å². The lowest BCUT2D eigenvalue weighted by atomic mass is 10.1. The van der Waals surface area contributed by atoms with Gasteiger partial charge in [0.15, 0.2) is 5.78 Å². The number of halogens is 1. The second kappa shape index (κ2) is 4.96. The molecule has 1 aromatic carbocycles. The van der Waals surface area contributed by atoms with Crippen LogP contribution in [0.4, 0.5) is 5.69 Å². The highest BCUT2D eigenvalue weighted by Gasteiger charge is 2.36. The van der Waals surface area contributed by atoms with E-state index < -0.39 is 11.7 Å². The molecule has 0 saturated heterocycles. The number of amides is 1. The number of nitrogens with zero attached hydrogens (tertiary/aromatic N) is 1. The average molecular weight is 350 g/mol. The van der Waals surface area contributed by atoms with Crippen LogP contribution in [-0.2, 0) is 4.79 Å². The second-order valence-electron chi connectivity index (χ2n) is 4.28. The van der Waals surface area contributed by atoms with Crippen molar-refractivity contribution in [1.82, 2.24) is 0 Å². The van der Waals surface area contributed by atoms with Crippen LogP contribution in [-0.4, -0.2) is 24.0 Å². The highest BCUT2D eigenvalue weighted by molar-refractivity contribution is 9.10. The minimum atomic E-state index is -0.650. The minimum Gasteiger partial charge on any atom is -0.297 e. The Morgan fingerprint density at radius 2 is 2.05 bits per heavy atom. The number of hydrogen-bond donors (Lipinski definition) is 0. The third-order valence-electron chi connectivity index (χ3n) is 3.03. The Morgan fingerprint density at radius 1 is 1.25 bits per heavy atom. The van der Waals surface area contributed by atoms with E-state index in [9.17, 15) is 14.4 Å². The third-order valence-corrected chi connectivity index (χ3v) is 4.44. The molecule has 1 amide bonds. The van der Waals surface area contributed by atoms with Gasteiger partial charge in [0, 0.05) is 4.47 Å². The molecule has 0 atom stereocenters. The van der Waals surface area contributed by atoms with Crippen molar-refractivity contribution in [2.75, 3.05) is 11.4 Å². The average Bonchev–Trinajstić information content (AvgIpc) is 3.03. The maximum atomic E-state index is 12.1. The molecule has 100 valence electrons. The van der Waals surface area contributed by atoms with Gasteiger partial charge in [-0.25, -0.2) is 0 Å². The molecule has 0 unspecified atom stereocenters. The van der Waals surface area contributed by atoms with Gasteiger partial charge in [-0.1, -0.05) is 22.0 Å². The van der Waals surface area contributed by atoms with Crippen molar-refractivity contribution in [3.8, 4) is 0 Å². The Kier molecular flexibility index (Phi) is 3.27. The number of benzene rings is 1. The number of ketones is 2. The van der Waals surface area contributed by atoms with E-state index in [2.05, 4.69) is 15.9 Å². The number of hydrogen-bond acceptors (Lipinski definition) is 4. The largest absolute Gasteiger partial charge is 0.299 e. The van der Waals surface area contributed by atoms with Gasteiger partial charge in [0.1, 0.15) is 0 Å². The van der Waals surface area contributed by atoms with Gasteiger partial charge in [-0.2, -0.15) is 0 Å². The molecule has 1 aliphatic rings. The predicted octanol–water partition coefficient (Wildman–Crippen LogP) is 2.92. The summed E-state index contributed by atoms with van der Waals surface area (Å²) in [5.74, 6) is -1.39. The Hall–Kier alpha value is -1.79. The van der Waals surface area contributed by atoms with Gasteiger partial charge < -0.3 is 0 Å². The van der Waals surface area contributed by atoms with E-state index in [0.29, 0.717) is 16.1 Å². The molecule has 1 aliphatic heterocycles. The number of rotatable bonds is 3. The van der Waals surface area contributed by atoms with Crippen molar-refractivity contribution in [3.63, 3.8) is 0 Å². The molecule has 0 spiro atoms. The molecule has 20 heavy (non-hydrogen) atoms. The van der Waals surface area contributed by atoms with Crippen LogP contribution in [0.15, 0.2) is 40.2 Å². The maximum Gasteiger partial charge on any atom is 0.299 e. The predicted molar refractivity (Wildman–Crippen MR) is 79.5 cm³/mol. The first kappa shape index (κ1) is 13.2. The highest BCUT2D eigenvalue weighted by atomic mass is 79.9. The van der Waals surface area contributed by atoms with Gasteiger partial charge in [0.25, 0.3) is 11.7 Å². The lowest BCUT2D eigenvalue weighted by Crippen LogP contribution is -2.34. The number of thiophene rings is 1. The summed E-state index contributed by atoms with van der Waals surface area (Å²) < 4.78 is 0.726. The zero-order chi connectivity index (χ0) is 14.3. The van der Waals surface area contributed by atoms with E-state index in [0.717, 1.165) is 4.47 Å². The SMILES string of the molecule is O=C(CN1C(=O)C(=O)c2cc(Br)ccc21)c1cccs1. The molecule has 1 aromatic heterocycles. The van der Waals surface area contributed by atoms with E-state index in [1.165, 1.54) is 16.2 Å². The van der Waals surface area contributed by atoms with Crippen molar-refractivity contribution in [3.05, 3.63) is 50.6 Å². The van der Waals surface area contributed by atoms with E-state index in [-0.39, 0.29) is 12.3 Å². The van der Waals surface area contributed by atoms with Gasteiger partial charge in [-0.05, 0) is 29.6 Å². The summed E-state index contributed by atoms with van der Waals surface area (Å²) in [7, 11) is 0. The normalized spacial score (nSPS) is 13.8. The van der Waals surface area contributed by atoms with Gasteiger partial charge in [-0.3, -0.25) is 19.3 Å². The fraction of sp³-hybridized carbons (Fsp3) is 0.0714.